The fraction of sp³-hybridized carbons (Fsp3) is 0.458. The first-order valence-electron chi connectivity index (χ1n) is 11.0. The Hall–Kier alpha value is -2.80. The molecule has 0 bridgehead atoms. The molecule has 0 aromatic heterocycles. The van der Waals surface area contributed by atoms with Crippen molar-refractivity contribution in [1.82, 2.24) is 4.90 Å². The molecule has 5 rings (SSSR count). The highest BCUT2D eigenvalue weighted by molar-refractivity contribution is 6.08. The monoisotopic (exact) mass is 425 g/mol. The zero-order valence-corrected chi connectivity index (χ0v) is 17.8. The quantitative estimate of drug-likeness (QED) is 0.517. The van der Waals surface area contributed by atoms with Crippen LogP contribution in [0.1, 0.15) is 54.9 Å². The molecule has 2 aliphatic heterocycles. The Bertz CT molecular complexity index is 981. The number of rotatable bonds is 3. The number of nitrogens with zero attached hydrogens (tertiary/aromatic N) is 3. The van der Waals surface area contributed by atoms with Gasteiger partial charge in [-0.2, -0.15) is 0 Å². The molecule has 7 heteroatoms. The third kappa shape index (κ3) is 4.46. The third-order valence-corrected chi connectivity index (χ3v) is 6.44. The lowest BCUT2D eigenvalue weighted by atomic mass is 9.74. The molecule has 1 spiro atoms. The van der Waals surface area contributed by atoms with Crippen LogP contribution in [0.25, 0.3) is 0 Å². The molecule has 2 fully saturated rings. The van der Waals surface area contributed by atoms with Gasteiger partial charge in [0.05, 0.1) is 4.92 Å². The number of non-ortho nitro benzene ring substituents is 1. The lowest BCUT2D eigenvalue weighted by Crippen LogP contribution is -2.46. The molecule has 1 saturated carbocycles. The predicted octanol–water partition coefficient (Wildman–Crippen LogP) is 4.92. The van der Waals surface area contributed by atoms with Gasteiger partial charge in [0.25, 0.3) is 11.6 Å². The number of piperidine rings is 1. The second-order valence-electron chi connectivity index (χ2n) is 8.64. The standard InChI is InChI=1S/C21H22FN3O3.C3H6/c1-2-23-10-8-21(9-11-23)14-24(19-7-6-16(22)13-18(19)21)20(26)15-4-3-5-17(12-15)25(27)28;1-2-3-1/h3-7,12-13H,2,8-11,14H2,1H3;1-3H2. The first kappa shape index (κ1) is 21.4. The van der Waals surface area contributed by atoms with E-state index in [1.165, 1.54) is 43.5 Å². The molecule has 3 aliphatic rings. The zero-order valence-electron chi connectivity index (χ0n) is 17.8. The van der Waals surface area contributed by atoms with E-state index in [1.807, 2.05) is 0 Å². The van der Waals surface area contributed by atoms with Crippen LogP contribution in [-0.2, 0) is 5.41 Å². The molecular formula is C24H28FN3O3. The molecule has 164 valence electrons. The number of carbonyl (C=O) groups is 1. The molecule has 1 aliphatic carbocycles. The highest BCUT2D eigenvalue weighted by Crippen LogP contribution is 2.47. The minimum atomic E-state index is -0.508. The highest BCUT2D eigenvalue weighted by atomic mass is 19.1. The molecule has 6 nitrogen and oxygen atoms in total. The number of likely N-dealkylation sites (tertiary alicyclic amines) is 1. The maximum Gasteiger partial charge on any atom is 0.270 e. The van der Waals surface area contributed by atoms with Gasteiger partial charge in [-0.05, 0) is 62.3 Å². The maximum absolute atomic E-state index is 14.0. The van der Waals surface area contributed by atoms with E-state index in [4.69, 9.17) is 0 Å². The average molecular weight is 426 g/mol. The van der Waals surface area contributed by atoms with E-state index in [0.29, 0.717) is 12.2 Å². The van der Waals surface area contributed by atoms with Gasteiger partial charge in [-0.3, -0.25) is 14.9 Å². The van der Waals surface area contributed by atoms with Crippen LogP contribution in [-0.4, -0.2) is 41.9 Å². The number of benzene rings is 2. The Balaban J connectivity index is 0.000000710. The number of hydrogen-bond acceptors (Lipinski definition) is 4. The second kappa shape index (κ2) is 8.75. The smallest absolute Gasteiger partial charge is 0.270 e. The molecule has 2 aromatic carbocycles. The summed E-state index contributed by atoms with van der Waals surface area (Å²) in [4.78, 5) is 27.8. The van der Waals surface area contributed by atoms with Crippen molar-refractivity contribution in [3.8, 4) is 0 Å². The minimum Gasteiger partial charge on any atom is -0.307 e. The second-order valence-corrected chi connectivity index (χ2v) is 8.64. The Morgan fingerprint density at radius 2 is 1.84 bits per heavy atom. The molecule has 31 heavy (non-hydrogen) atoms. The molecule has 2 aromatic rings. The summed E-state index contributed by atoms with van der Waals surface area (Å²) in [6, 6.07) is 10.3. The summed E-state index contributed by atoms with van der Waals surface area (Å²) in [5, 5.41) is 11.1. The van der Waals surface area contributed by atoms with Gasteiger partial charge in [0.15, 0.2) is 0 Å². The van der Waals surface area contributed by atoms with Gasteiger partial charge in [-0.25, -0.2) is 4.39 Å². The lowest BCUT2D eigenvalue weighted by Gasteiger charge is -2.39. The van der Waals surface area contributed by atoms with Crippen LogP contribution < -0.4 is 4.90 Å². The fourth-order valence-electron chi connectivity index (χ4n) is 4.46. The minimum absolute atomic E-state index is 0.115. The van der Waals surface area contributed by atoms with Gasteiger partial charge >= 0.3 is 0 Å². The normalized spacial score (nSPS) is 18.8. The number of nitro groups is 1. The summed E-state index contributed by atoms with van der Waals surface area (Å²) < 4.78 is 14.0. The number of nitro benzene ring substituents is 1. The van der Waals surface area contributed by atoms with Crippen LogP contribution in [0.4, 0.5) is 15.8 Å². The number of carbonyl (C=O) groups excluding carboxylic acids is 1. The molecular weight excluding hydrogens is 397 g/mol. The van der Waals surface area contributed by atoms with Gasteiger partial charge in [0.1, 0.15) is 5.82 Å². The Labute approximate surface area is 181 Å². The molecule has 0 unspecified atom stereocenters. The zero-order chi connectivity index (χ0) is 22.0. The van der Waals surface area contributed by atoms with Crippen LogP contribution >= 0.6 is 0 Å². The summed E-state index contributed by atoms with van der Waals surface area (Å²) in [6.45, 7) is 5.39. The average Bonchev–Trinajstić information content (AvgIpc) is 3.64. The molecule has 0 atom stereocenters. The van der Waals surface area contributed by atoms with Gasteiger partial charge in [0.2, 0.25) is 0 Å². The molecule has 0 N–H and O–H groups in total. The summed E-state index contributed by atoms with van der Waals surface area (Å²) >= 11 is 0. The molecule has 1 saturated heterocycles. The Morgan fingerprint density at radius 3 is 2.45 bits per heavy atom. The van der Waals surface area contributed by atoms with Crippen molar-refractivity contribution in [3.63, 3.8) is 0 Å². The topological polar surface area (TPSA) is 66.7 Å². The van der Waals surface area contributed by atoms with Crippen molar-refractivity contribution in [3.05, 3.63) is 69.5 Å². The summed E-state index contributed by atoms with van der Waals surface area (Å²) in [7, 11) is 0. The SMILES string of the molecule is C1CC1.CCN1CCC2(CC1)CN(C(=O)c1cccc([N+](=O)[O-])c1)c1ccc(F)cc12. The highest BCUT2D eigenvalue weighted by Gasteiger charge is 2.46. The van der Waals surface area contributed by atoms with E-state index < -0.39 is 4.92 Å². The lowest BCUT2D eigenvalue weighted by molar-refractivity contribution is -0.384. The van der Waals surface area contributed by atoms with E-state index in [1.54, 1.807) is 23.1 Å². The number of fused-ring (bicyclic) bond motifs is 2. The third-order valence-electron chi connectivity index (χ3n) is 6.44. The summed E-state index contributed by atoms with van der Waals surface area (Å²) in [6.07, 6.45) is 6.21. The first-order chi connectivity index (χ1) is 14.9. The van der Waals surface area contributed by atoms with Crippen LogP contribution in [0.2, 0.25) is 0 Å². The Morgan fingerprint density at radius 1 is 1.13 bits per heavy atom. The van der Waals surface area contributed by atoms with Crippen molar-refractivity contribution in [2.24, 2.45) is 0 Å². The van der Waals surface area contributed by atoms with E-state index in [-0.39, 0.29) is 28.4 Å². The maximum atomic E-state index is 14.0. The Kier molecular flexibility index (Phi) is 6.05. The van der Waals surface area contributed by atoms with Crippen molar-refractivity contribution >= 4 is 17.3 Å². The van der Waals surface area contributed by atoms with E-state index >= 15 is 0 Å². The van der Waals surface area contributed by atoms with E-state index in [0.717, 1.165) is 38.0 Å². The molecule has 1 amide bonds. The van der Waals surface area contributed by atoms with Gasteiger partial charge < -0.3 is 9.80 Å². The van der Waals surface area contributed by atoms with Crippen LogP contribution in [0, 0.1) is 15.9 Å². The van der Waals surface area contributed by atoms with Crippen molar-refractivity contribution < 1.29 is 14.1 Å². The van der Waals surface area contributed by atoms with Crippen molar-refractivity contribution in [1.29, 1.82) is 0 Å². The van der Waals surface area contributed by atoms with E-state index in [2.05, 4.69) is 11.8 Å². The number of hydrogen-bond donors (Lipinski definition) is 0. The largest absolute Gasteiger partial charge is 0.307 e. The van der Waals surface area contributed by atoms with Gasteiger partial charge in [-0.1, -0.05) is 32.3 Å². The van der Waals surface area contributed by atoms with Crippen molar-refractivity contribution in [2.45, 2.75) is 44.4 Å². The van der Waals surface area contributed by atoms with Crippen LogP contribution in [0.3, 0.4) is 0 Å². The van der Waals surface area contributed by atoms with Crippen LogP contribution in [0.5, 0.6) is 0 Å². The summed E-state index contributed by atoms with van der Waals surface area (Å²) in [5.41, 5.74) is 1.48. The first-order valence-corrected chi connectivity index (χ1v) is 11.0. The summed E-state index contributed by atoms with van der Waals surface area (Å²) in [5.74, 6) is -0.591. The van der Waals surface area contributed by atoms with Crippen molar-refractivity contribution in [2.75, 3.05) is 31.1 Å². The van der Waals surface area contributed by atoms with Crippen LogP contribution in [0.15, 0.2) is 42.5 Å². The number of anilines is 1. The number of halogens is 1. The fourth-order valence-corrected chi connectivity index (χ4v) is 4.46. The van der Waals surface area contributed by atoms with E-state index in [9.17, 15) is 19.3 Å². The van der Waals surface area contributed by atoms with Gasteiger partial charge in [0, 0.05) is 35.3 Å². The molecule has 0 radical (unpaired) electrons. The number of amides is 1. The molecule has 2 heterocycles. The predicted molar refractivity (Wildman–Crippen MR) is 118 cm³/mol. The van der Waals surface area contributed by atoms with Gasteiger partial charge in [-0.15, -0.1) is 0 Å².